The second kappa shape index (κ2) is 10.2. The summed E-state index contributed by atoms with van der Waals surface area (Å²) >= 11 is 1.20. The molecule has 3 N–H and O–H groups in total. The van der Waals surface area contributed by atoms with Gasteiger partial charge in [0.2, 0.25) is 15.9 Å². The number of nitrogens with zero attached hydrogens (tertiary/aromatic N) is 3. The molecule has 13 heteroatoms. The molecule has 0 aliphatic carbocycles. The van der Waals surface area contributed by atoms with E-state index in [-0.39, 0.29) is 28.0 Å². The third-order valence-electron chi connectivity index (χ3n) is 4.75. The Kier molecular flexibility index (Phi) is 7.56. The standard InChI is InChI=1S/C20H23N5O6S2/c1-3-4-9-24-17-8-6-14(33(21,29)30)11-16(17)23-20(24)32-12-19(26)22-15-7-5-13(25(27)28)10-18(15)31-2/h5-8,10-11H,3-4,9,12H2,1-2H3,(H,22,26)(H2,21,29,30). The Morgan fingerprint density at radius 1 is 1.30 bits per heavy atom. The minimum absolute atomic E-state index is 0.0115. The molecule has 0 aliphatic heterocycles. The molecule has 0 saturated carbocycles. The van der Waals surface area contributed by atoms with Gasteiger partial charge in [0.05, 0.1) is 45.5 Å². The lowest BCUT2D eigenvalue weighted by atomic mass is 10.2. The van der Waals surface area contributed by atoms with Crippen LogP contribution in [0.1, 0.15) is 19.8 Å². The van der Waals surface area contributed by atoms with Gasteiger partial charge in [0.15, 0.2) is 5.16 Å². The van der Waals surface area contributed by atoms with E-state index in [0.29, 0.717) is 22.9 Å². The Morgan fingerprint density at radius 3 is 2.70 bits per heavy atom. The Bertz CT molecular complexity index is 1310. The fourth-order valence-corrected chi connectivity index (χ4v) is 4.49. The number of fused-ring (bicyclic) bond motifs is 1. The molecule has 0 atom stereocenters. The Balaban J connectivity index is 1.81. The lowest BCUT2D eigenvalue weighted by Gasteiger charge is -2.11. The summed E-state index contributed by atoms with van der Waals surface area (Å²) in [5.41, 5.74) is 1.38. The predicted molar refractivity (Wildman–Crippen MR) is 125 cm³/mol. The van der Waals surface area contributed by atoms with E-state index in [2.05, 4.69) is 17.2 Å². The number of aryl methyl sites for hydroxylation is 1. The average molecular weight is 494 g/mol. The van der Waals surface area contributed by atoms with Crippen LogP contribution >= 0.6 is 11.8 Å². The number of nitro groups is 1. The maximum absolute atomic E-state index is 12.5. The number of carbonyl (C=O) groups excluding carboxylic acids is 1. The number of nitro benzene ring substituents is 1. The number of unbranched alkanes of at least 4 members (excludes halogenated alkanes) is 1. The molecule has 33 heavy (non-hydrogen) atoms. The number of hydrogen-bond donors (Lipinski definition) is 2. The van der Waals surface area contributed by atoms with Crippen molar-refractivity contribution in [3.8, 4) is 5.75 Å². The van der Waals surface area contributed by atoms with Gasteiger partial charge in [-0.15, -0.1) is 0 Å². The summed E-state index contributed by atoms with van der Waals surface area (Å²) in [5, 5.41) is 19.4. The molecule has 0 spiro atoms. The molecule has 11 nitrogen and oxygen atoms in total. The molecule has 0 unspecified atom stereocenters. The van der Waals surface area contributed by atoms with E-state index in [1.54, 1.807) is 6.07 Å². The third kappa shape index (κ3) is 5.80. The summed E-state index contributed by atoms with van der Waals surface area (Å²) in [5.74, 6) is -0.169. The number of benzene rings is 2. The zero-order valence-electron chi connectivity index (χ0n) is 18.0. The number of non-ortho nitro benzene ring substituents is 1. The lowest BCUT2D eigenvalue weighted by Crippen LogP contribution is -2.15. The highest BCUT2D eigenvalue weighted by Gasteiger charge is 2.17. The van der Waals surface area contributed by atoms with Gasteiger partial charge in [0, 0.05) is 12.6 Å². The van der Waals surface area contributed by atoms with Gasteiger partial charge in [-0.3, -0.25) is 14.9 Å². The molecule has 2 aromatic carbocycles. The topological polar surface area (TPSA) is 159 Å². The van der Waals surface area contributed by atoms with E-state index >= 15 is 0 Å². The number of sulfonamides is 1. The number of anilines is 1. The first kappa shape index (κ1) is 24.5. The fraction of sp³-hybridized carbons (Fsp3) is 0.300. The molecule has 1 aromatic heterocycles. The smallest absolute Gasteiger partial charge is 0.273 e. The monoisotopic (exact) mass is 493 g/mol. The van der Waals surface area contributed by atoms with Crippen molar-refractivity contribution in [3.05, 3.63) is 46.5 Å². The molecule has 1 amide bonds. The second-order valence-corrected chi connectivity index (χ2v) is 9.58. The number of imidazole rings is 1. The van der Waals surface area contributed by atoms with E-state index in [4.69, 9.17) is 9.88 Å². The van der Waals surface area contributed by atoms with E-state index in [9.17, 15) is 23.3 Å². The molecule has 3 aromatic rings. The number of hydrogen-bond acceptors (Lipinski definition) is 8. The maximum atomic E-state index is 12.5. The van der Waals surface area contributed by atoms with Crippen molar-refractivity contribution in [2.75, 3.05) is 18.2 Å². The number of aromatic nitrogens is 2. The van der Waals surface area contributed by atoms with Crippen molar-refractivity contribution in [1.29, 1.82) is 0 Å². The molecule has 0 radical (unpaired) electrons. The van der Waals surface area contributed by atoms with Crippen molar-refractivity contribution in [3.63, 3.8) is 0 Å². The van der Waals surface area contributed by atoms with Crippen molar-refractivity contribution in [2.45, 2.75) is 36.4 Å². The molecule has 176 valence electrons. The summed E-state index contributed by atoms with van der Waals surface area (Å²) in [6.45, 7) is 2.71. The SMILES string of the molecule is CCCCn1c(SCC(=O)Nc2ccc([N+](=O)[O-])cc2OC)nc2cc(S(N)(=O)=O)ccc21. The van der Waals surface area contributed by atoms with Gasteiger partial charge in [-0.2, -0.15) is 0 Å². The van der Waals surface area contributed by atoms with E-state index in [1.165, 1.54) is 49.2 Å². The first-order valence-electron chi connectivity index (χ1n) is 9.92. The normalized spacial score (nSPS) is 11.5. The fourth-order valence-electron chi connectivity index (χ4n) is 3.12. The van der Waals surface area contributed by atoms with Gasteiger partial charge in [-0.25, -0.2) is 18.5 Å². The number of thioether (sulfide) groups is 1. The highest BCUT2D eigenvalue weighted by Crippen LogP contribution is 2.30. The Morgan fingerprint density at radius 2 is 2.06 bits per heavy atom. The largest absolute Gasteiger partial charge is 0.494 e. The molecule has 0 aliphatic rings. The maximum Gasteiger partial charge on any atom is 0.273 e. The minimum atomic E-state index is -3.86. The number of carbonyl (C=O) groups is 1. The molecule has 0 fully saturated rings. The van der Waals surface area contributed by atoms with E-state index in [1.807, 2.05) is 4.57 Å². The highest BCUT2D eigenvalue weighted by molar-refractivity contribution is 7.99. The number of nitrogens with one attached hydrogen (secondary N) is 1. The van der Waals surface area contributed by atoms with Gasteiger partial charge in [0.25, 0.3) is 5.69 Å². The summed E-state index contributed by atoms with van der Waals surface area (Å²) < 4.78 is 30.4. The van der Waals surface area contributed by atoms with Crippen LogP contribution in [0.15, 0.2) is 46.5 Å². The first-order chi connectivity index (χ1) is 15.6. The number of ether oxygens (including phenoxy) is 1. The van der Waals surface area contributed by atoms with Crippen LogP contribution in [0.4, 0.5) is 11.4 Å². The third-order valence-corrected chi connectivity index (χ3v) is 6.64. The number of methoxy groups -OCH3 is 1. The van der Waals surface area contributed by atoms with E-state index < -0.39 is 14.9 Å². The van der Waals surface area contributed by atoms with Gasteiger partial charge < -0.3 is 14.6 Å². The number of nitrogens with two attached hydrogens (primary N) is 1. The van der Waals surface area contributed by atoms with Crippen LogP contribution in [0, 0.1) is 10.1 Å². The van der Waals surface area contributed by atoms with Crippen LogP contribution in [0.25, 0.3) is 11.0 Å². The zero-order chi connectivity index (χ0) is 24.2. The molecule has 1 heterocycles. The van der Waals surface area contributed by atoms with Crippen LogP contribution in [0.5, 0.6) is 5.75 Å². The quantitative estimate of drug-likeness (QED) is 0.247. The summed E-state index contributed by atoms with van der Waals surface area (Å²) in [6.07, 6.45) is 1.82. The van der Waals surface area contributed by atoms with Crippen molar-refractivity contribution >= 4 is 50.1 Å². The molecular formula is C20H23N5O6S2. The minimum Gasteiger partial charge on any atom is -0.494 e. The lowest BCUT2D eigenvalue weighted by molar-refractivity contribution is -0.384. The molecular weight excluding hydrogens is 470 g/mol. The van der Waals surface area contributed by atoms with E-state index in [0.717, 1.165) is 18.4 Å². The van der Waals surface area contributed by atoms with Crippen LogP contribution in [-0.2, 0) is 21.4 Å². The van der Waals surface area contributed by atoms with Crippen molar-refractivity contribution in [2.24, 2.45) is 5.14 Å². The van der Waals surface area contributed by atoms with Crippen LogP contribution in [0.3, 0.4) is 0 Å². The van der Waals surface area contributed by atoms with Crippen LogP contribution in [-0.4, -0.2) is 41.7 Å². The van der Waals surface area contributed by atoms with Crippen LogP contribution in [0.2, 0.25) is 0 Å². The summed E-state index contributed by atoms with van der Waals surface area (Å²) in [6, 6.07) is 8.42. The van der Waals surface area contributed by atoms with Crippen molar-refractivity contribution in [1.82, 2.24) is 9.55 Å². The first-order valence-corrected chi connectivity index (χ1v) is 12.5. The summed E-state index contributed by atoms with van der Waals surface area (Å²) in [4.78, 5) is 27.4. The predicted octanol–water partition coefficient (Wildman–Crippen LogP) is 3.13. The number of primary sulfonamides is 1. The number of amides is 1. The van der Waals surface area contributed by atoms with Gasteiger partial charge in [0.1, 0.15) is 5.75 Å². The van der Waals surface area contributed by atoms with Crippen LogP contribution < -0.4 is 15.2 Å². The molecule has 0 bridgehead atoms. The van der Waals surface area contributed by atoms with Crippen molar-refractivity contribution < 1.29 is 22.9 Å². The Hall–Kier alpha value is -3.16. The summed E-state index contributed by atoms with van der Waals surface area (Å²) in [7, 11) is -2.51. The average Bonchev–Trinajstić information content (AvgIpc) is 3.12. The number of rotatable bonds is 10. The zero-order valence-corrected chi connectivity index (χ0v) is 19.6. The highest BCUT2D eigenvalue weighted by atomic mass is 32.2. The molecule has 0 saturated heterocycles. The van der Waals surface area contributed by atoms with Gasteiger partial charge in [-0.1, -0.05) is 25.1 Å². The molecule has 3 rings (SSSR count). The second-order valence-electron chi connectivity index (χ2n) is 7.07. The Labute approximate surface area is 194 Å². The van der Waals surface area contributed by atoms with Gasteiger partial charge >= 0.3 is 0 Å². The van der Waals surface area contributed by atoms with Gasteiger partial charge in [-0.05, 0) is 30.7 Å².